The zero-order valence-corrected chi connectivity index (χ0v) is 10.1. The zero-order chi connectivity index (χ0) is 13.0. The fraction of sp³-hybridized carbons (Fsp3) is 0.455. The van der Waals surface area contributed by atoms with Gasteiger partial charge in [0.25, 0.3) is 5.91 Å². The van der Waals surface area contributed by atoms with Crippen molar-refractivity contribution in [2.24, 2.45) is 12.1 Å². The van der Waals surface area contributed by atoms with Gasteiger partial charge in [0.15, 0.2) is 0 Å². The highest BCUT2D eigenvalue weighted by atomic mass is 16.2. The summed E-state index contributed by atoms with van der Waals surface area (Å²) in [5.74, 6) is 0.526. The van der Waals surface area contributed by atoms with Crippen LogP contribution in [0.4, 0.5) is 0 Å². The Bertz CT molecular complexity index is 491. The number of aryl methyl sites for hydroxylation is 1. The van der Waals surface area contributed by atoms with Crippen LogP contribution in [0.1, 0.15) is 18.7 Å². The fourth-order valence-electron chi connectivity index (χ4n) is 1.67. The van der Waals surface area contributed by atoms with Crippen molar-refractivity contribution >= 4 is 17.5 Å². The Morgan fingerprint density at radius 2 is 2.39 bits per heavy atom. The van der Waals surface area contributed by atoms with Crippen LogP contribution >= 0.6 is 0 Å². The number of hydrogen-bond donors (Lipinski definition) is 2. The van der Waals surface area contributed by atoms with Crippen molar-refractivity contribution in [1.29, 1.82) is 0 Å². The summed E-state index contributed by atoms with van der Waals surface area (Å²) in [6, 6.07) is 0. The minimum atomic E-state index is -0.232. The number of rotatable bonds is 4. The van der Waals surface area contributed by atoms with Crippen LogP contribution in [0.3, 0.4) is 0 Å². The molecule has 0 saturated carbocycles. The molecule has 0 spiro atoms. The second-order valence-corrected chi connectivity index (χ2v) is 4.05. The number of nitrogens with zero attached hydrogens (tertiary/aromatic N) is 3. The van der Waals surface area contributed by atoms with E-state index in [0.717, 1.165) is 5.82 Å². The Kier molecular flexibility index (Phi) is 3.71. The lowest BCUT2D eigenvalue weighted by Gasteiger charge is -2.11. The van der Waals surface area contributed by atoms with Crippen molar-refractivity contribution in [3.8, 4) is 0 Å². The summed E-state index contributed by atoms with van der Waals surface area (Å²) in [5, 5.41) is 6.49. The van der Waals surface area contributed by atoms with Crippen molar-refractivity contribution in [3.63, 3.8) is 0 Å². The summed E-state index contributed by atoms with van der Waals surface area (Å²) in [6.07, 6.45) is 4.94. The molecule has 0 bridgehead atoms. The molecule has 1 aromatic heterocycles. The minimum Gasteiger partial charge on any atom is -0.350 e. The number of carbonyl (C=O) groups excluding carboxylic acids is 2. The molecule has 1 aliphatic heterocycles. The summed E-state index contributed by atoms with van der Waals surface area (Å²) >= 11 is 0. The van der Waals surface area contributed by atoms with Crippen LogP contribution in [0.25, 0.3) is 0 Å². The molecule has 7 nitrogen and oxygen atoms in total. The molecule has 0 saturated heterocycles. The molecule has 0 aliphatic carbocycles. The van der Waals surface area contributed by atoms with Gasteiger partial charge < -0.3 is 9.88 Å². The molecule has 2 heterocycles. The molecule has 0 radical (unpaired) electrons. The van der Waals surface area contributed by atoms with Crippen molar-refractivity contribution < 1.29 is 9.59 Å². The average molecular weight is 249 g/mol. The van der Waals surface area contributed by atoms with Gasteiger partial charge in [0.1, 0.15) is 11.5 Å². The molecule has 18 heavy (non-hydrogen) atoms. The summed E-state index contributed by atoms with van der Waals surface area (Å²) in [4.78, 5) is 26.7. The SMILES string of the molecule is Cn1ccnc1CCNC(=O)C1=NNC(=O)CC1. The van der Waals surface area contributed by atoms with Gasteiger partial charge in [0.05, 0.1) is 0 Å². The number of imidazole rings is 1. The van der Waals surface area contributed by atoms with Gasteiger partial charge in [0, 0.05) is 45.2 Å². The maximum Gasteiger partial charge on any atom is 0.267 e. The summed E-state index contributed by atoms with van der Waals surface area (Å²) in [5.41, 5.74) is 2.67. The molecule has 0 unspecified atom stereocenters. The second-order valence-electron chi connectivity index (χ2n) is 4.05. The quantitative estimate of drug-likeness (QED) is 0.742. The molecule has 0 atom stereocenters. The Morgan fingerprint density at radius 3 is 3.00 bits per heavy atom. The number of hydrazone groups is 1. The Balaban J connectivity index is 1.79. The van der Waals surface area contributed by atoms with Gasteiger partial charge in [-0.2, -0.15) is 5.10 Å². The Hall–Kier alpha value is -2.18. The van der Waals surface area contributed by atoms with Crippen LogP contribution < -0.4 is 10.7 Å². The normalized spacial score (nSPS) is 14.9. The monoisotopic (exact) mass is 249 g/mol. The number of aromatic nitrogens is 2. The van der Waals surface area contributed by atoms with E-state index in [2.05, 4.69) is 20.8 Å². The second kappa shape index (κ2) is 5.44. The van der Waals surface area contributed by atoms with Crippen LogP contribution in [0.5, 0.6) is 0 Å². The maximum absolute atomic E-state index is 11.7. The van der Waals surface area contributed by atoms with E-state index in [1.54, 1.807) is 6.20 Å². The average Bonchev–Trinajstić information content (AvgIpc) is 2.76. The molecule has 7 heteroatoms. The highest BCUT2D eigenvalue weighted by molar-refractivity contribution is 6.39. The predicted molar refractivity (Wildman–Crippen MR) is 64.7 cm³/mol. The lowest BCUT2D eigenvalue weighted by Crippen LogP contribution is -2.37. The van der Waals surface area contributed by atoms with E-state index in [1.807, 2.05) is 17.8 Å². The first-order valence-electron chi connectivity index (χ1n) is 5.76. The van der Waals surface area contributed by atoms with Gasteiger partial charge in [-0.15, -0.1) is 0 Å². The third-order valence-electron chi connectivity index (χ3n) is 2.72. The minimum absolute atomic E-state index is 0.153. The van der Waals surface area contributed by atoms with E-state index in [9.17, 15) is 9.59 Å². The van der Waals surface area contributed by atoms with E-state index >= 15 is 0 Å². The molecule has 2 rings (SSSR count). The van der Waals surface area contributed by atoms with E-state index in [4.69, 9.17) is 0 Å². The van der Waals surface area contributed by atoms with Crippen LogP contribution in [0.2, 0.25) is 0 Å². The highest BCUT2D eigenvalue weighted by Crippen LogP contribution is 1.99. The molecule has 1 aliphatic rings. The van der Waals surface area contributed by atoms with Crippen LogP contribution in [-0.2, 0) is 23.1 Å². The summed E-state index contributed by atoms with van der Waals surface area (Å²) < 4.78 is 1.91. The molecule has 0 fully saturated rings. The molecule has 96 valence electrons. The van der Waals surface area contributed by atoms with Crippen molar-refractivity contribution in [2.75, 3.05) is 6.54 Å². The van der Waals surface area contributed by atoms with Crippen LogP contribution in [-0.4, -0.2) is 33.6 Å². The van der Waals surface area contributed by atoms with Crippen LogP contribution in [0, 0.1) is 0 Å². The van der Waals surface area contributed by atoms with Gasteiger partial charge in [0.2, 0.25) is 5.91 Å². The predicted octanol–water partition coefficient (Wildman–Crippen LogP) is -0.655. The van der Waals surface area contributed by atoms with Gasteiger partial charge in [-0.05, 0) is 0 Å². The third-order valence-corrected chi connectivity index (χ3v) is 2.72. The molecule has 2 amide bonds. The first-order valence-corrected chi connectivity index (χ1v) is 5.76. The maximum atomic E-state index is 11.7. The lowest BCUT2D eigenvalue weighted by atomic mass is 10.1. The topological polar surface area (TPSA) is 88.4 Å². The zero-order valence-electron chi connectivity index (χ0n) is 10.1. The third kappa shape index (κ3) is 2.93. The number of carbonyl (C=O) groups is 2. The molecular weight excluding hydrogens is 234 g/mol. The largest absolute Gasteiger partial charge is 0.350 e. The lowest BCUT2D eigenvalue weighted by molar-refractivity contribution is -0.121. The number of nitrogens with one attached hydrogen (secondary N) is 2. The van der Waals surface area contributed by atoms with E-state index in [1.165, 1.54) is 0 Å². The smallest absolute Gasteiger partial charge is 0.267 e. The Labute approximate surface area is 104 Å². The standard InChI is InChI=1S/C11H15N5O2/c1-16-7-6-12-9(16)4-5-13-11(18)8-2-3-10(17)15-14-8/h6-7H,2-5H2,1H3,(H,13,18)(H,15,17). The van der Waals surface area contributed by atoms with E-state index in [0.29, 0.717) is 31.5 Å². The van der Waals surface area contributed by atoms with Gasteiger partial charge in [-0.1, -0.05) is 0 Å². The molecule has 1 aromatic rings. The van der Waals surface area contributed by atoms with Gasteiger partial charge in [-0.3, -0.25) is 9.59 Å². The number of amides is 2. The van der Waals surface area contributed by atoms with Crippen LogP contribution in [0.15, 0.2) is 17.5 Å². The van der Waals surface area contributed by atoms with Crippen molar-refractivity contribution in [2.45, 2.75) is 19.3 Å². The number of hydrogen-bond acceptors (Lipinski definition) is 4. The molecule has 0 aromatic carbocycles. The van der Waals surface area contributed by atoms with E-state index < -0.39 is 0 Å². The Morgan fingerprint density at radius 1 is 1.56 bits per heavy atom. The van der Waals surface area contributed by atoms with Gasteiger partial charge in [-0.25, -0.2) is 10.4 Å². The van der Waals surface area contributed by atoms with Crippen molar-refractivity contribution in [3.05, 3.63) is 18.2 Å². The van der Waals surface area contributed by atoms with E-state index in [-0.39, 0.29) is 11.8 Å². The first kappa shape index (κ1) is 12.3. The molecular formula is C11H15N5O2. The van der Waals surface area contributed by atoms with Crippen molar-refractivity contribution in [1.82, 2.24) is 20.3 Å². The fourth-order valence-corrected chi connectivity index (χ4v) is 1.67. The highest BCUT2D eigenvalue weighted by Gasteiger charge is 2.17. The first-order chi connectivity index (χ1) is 8.66. The summed E-state index contributed by atoms with van der Waals surface area (Å²) in [6.45, 7) is 0.497. The summed E-state index contributed by atoms with van der Waals surface area (Å²) in [7, 11) is 1.91. The molecule has 2 N–H and O–H groups in total. The van der Waals surface area contributed by atoms with Gasteiger partial charge >= 0.3 is 0 Å².